The molecule has 0 bridgehead atoms. The SMILES string of the molecule is Cc1ccc(OC[C@@H](C)NC(=O)C2CCN(S(=O)(=O)Cc3cccc(C)c3)CC2)cc1. The van der Waals surface area contributed by atoms with E-state index in [0.29, 0.717) is 32.5 Å². The standard InChI is InChI=1S/C24H32N2O4S/c1-18-7-9-23(10-8-18)30-16-20(3)25-24(27)22-11-13-26(14-12-22)31(28,29)17-21-6-4-5-19(2)15-21/h4-10,15,20,22H,11-14,16-17H2,1-3H3,(H,25,27)/t20-/m1/s1. The lowest BCUT2D eigenvalue weighted by molar-refractivity contribution is -0.126. The van der Waals surface area contributed by atoms with Gasteiger partial charge in [0.1, 0.15) is 12.4 Å². The maximum absolute atomic E-state index is 12.8. The fourth-order valence-corrected chi connectivity index (χ4v) is 5.31. The van der Waals surface area contributed by atoms with Crippen molar-refractivity contribution >= 4 is 15.9 Å². The molecule has 1 aliphatic heterocycles. The van der Waals surface area contributed by atoms with Crippen LogP contribution < -0.4 is 10.1 Å². The molecule has 31 heavy (non-hydrogen) atoms. The summed E-state index contributed by atoms with van der Waals surface area (Å²) in [7, 11) is -3.39. The highest BCUT2D eigenvalue weighted by Crippen LogP contribution is 2.22. The van der Waals surface area contributed by atoms with Crippen LogP contribution >= 0.6 is 0 Å². The first kappa shape index (κ1) is 23.3. The molecule has 1 aliphatic rings. The summed E-state index contributed by atoms with van der Waals surface area (Å²) in [5.41, 5.74) is 3.01. The molecule has 0 aromatic heterocycles. The van der Waals surface area contributed by atoms with Gasteiger partial charge in [0.25, 0.3) is 0 Å². The number of ether oxygens (including phenoxy) is 1. The smallest absolute Gasteiger partial charge is 0.223 e. The van der Waals surface area contributed by atoms with Crippen LogP contribution in [-0.4, -0.2) is 44.4 Å². The molecule has 1 saturated heterocycles. The first-order valence-corrected chi connectivity index (χ1v) is 12.4. The number of hydrogen-bond acceptors (Lipinski definition) is 4. The lowest BCUT2D eigenvalue weighted by atomic mass is 9.97. The molecule has 1 amide bonds. The minimum Gasteiger partial charge on any atom is -0.491 e. The number of hydrogen-bond donors (Lipinski definition) is 1. The van der Waals surface area contributed by atoms with E-state index in [1.165, 1.54) is 9.87 Å². The van der Waals surface area contributed by atoms with Crippen molar-refractivity contribution in [1.29, 1.82) is 0 Å². The van der Waals surface area contributed by atoms with Crippen LogP contribution in [0.4, 0.5) is 0 Å². The molecule has 0 saturated carbocycles. The van der Waals surface area contributed by atoms with Gasteiger partial charge < -0.3 is 10.1 Å². The minimum atomic E-state index is -3.39. The molecule has 6 nitrogen and oxygen atoms in total. The van der Waals surface area contributed by atoms with Gasteiger partial charge in [-0.2, -0.15) is 0 Å². The maximum Gasteiger partial charge on any atom is 0.223 e. The Hall–Kier alpha value is -2.38. The molecule has 3 rings (SSSR count). The largest absolute Gasteiger partial charge is 0.491 e. The van der Waals surface area contributed by atoms with Crippen LogP contribution in [0.2, 0.25) is 0 Å². The summed E-state index contributed by atoms with van der Waals surface area (Å²) in [5, 5.41) is 3.00. The van der Waals surface area contributed by atoms with Gasteiger partial charge in [-0.25, -0.2) is 12.7 Å². The van der Waals surface area contributed by atoms with Crippen LogP contribution in [-0.2, 0) is 20.6 Å². The summed E-state index contributed by atoms with van der Waals surface area (Å²) in [4.78, 5) is 12.6. The Balaban J connectivity index is 1.44. The highest BCUT2D eigenvalue weighted by molar-refractivity contribution is 7.88. The number of nitrogens with one attached hydrogen (secondary N) is 1. The fraction of sp³-hybridized carbons (Fsp3) is 0.458. The van der Waals surface area contributed by atoms with Crippen molar-refractivity contribution in [3.05, 3.63) is 65.2 Å². The molecule has 1 atom stereocenters. The number of benzene rings is 2. The molecule has 2 aromatic carbocycles. The molecule has 0 spiro atoms. The second-order valence-corrected chi connectivity index (χ2v) is 10.4. The van der Waals surface area contributed by atoms with Crippen molar-refractivity contribution in [2.75, 3.05) is 19.7 Å². The molecule has 1 heterocycles. The Bertz CT molecular complexity index is 981. The van der Waals surface area contributed by atoms with E-state index in [1.54, 1.807) is 0 Å². The van der Waals surface area contributed by atoms with E-state index in [4.69, 9.17) is 4.74 Å². The second kappa shape index (κ2) is 10.3. The first-order chi connectivity index (χ1) is 14.7. The summed E-state index contributed by atoms with van der Waals surface area (Å²) in [6.45, 7) is 7.02. The Kier molecular flexibility index (Phi) is 7.73. The van der Waals surface area contributed by atoms with Crippen LogP contribution in [0.1, 0.15) is 36.5 Å². The Morgan fingerprint density at radius 3 is 2.42 bits per heavy atom. The van der Waals surface area contributed by atoms with E-state index in [-0.39, 0.29) is 23.6 Å². The molecule has 168 valence electrons. The molecule has 2 aromatic rings. The van der Waals surface area contributed by atoms with Crippen LogP contribution in [0.3, 0.4) is 0 Å². The van der Waals surface area contributed by atoms with Gasteiger partial charge in [0.05, 0.1) is 11.8 Å². The van der Waals surface area contributed by atoms with E-state index >= 15 is 0 Å². The van der Waals surface area contributed by atoms with Crippen LogP contribution in [0.25, 0.3) is 0 Å². The van der Waals surface area contributed by atoms with Crippen LogP contribution in [0.5, 0.6) is 5.75 Å². The van der Waals surface area contributed by atoms with Gasteiger partial charge in [0, 0.05) is 19.0 Å². The van der Waals surface area contributed by atoms with E-state index in [0.717, 1.165) is 16.9 Å². The minimum absolute atomic E-state index is 0.00106. The van der Waals surface area contributed by atoms with Crippen molar-refractivity contribution in [3.63, 3.8) is 0 Å². The zero-order valence-electron chi connectivity index (χ0n) is 18.5. The van der Waals surface area contributed by atoms with Crippen molar-refractivity contribution < 1.29 is 17.9 Å². The highest BCUT2D eigenvalue weighted by Gasteiger charge is 2.31. The summed E-state index contributed by atoms with van der Waals surface area (Å²) in [5.74, 6) is 0.570. The predicted molar refractivity (Wildman–Crippen MR) is 122 cm³/mol. The Morgan fingerprint density at radius 2 is 1.77 bits per heavy atom. The van der Waals surface area contributed by atoms with Gasteiger partial charge in [-0.1, -0.05) is 47.5 Å². The third-order valence-corrected chi connectivity index (χ3v) is 7.41. The number of carbonyl (C=O) groups is 1. The second-order valence-electron chi connectivity index (χ2n) is 8.45. The number of rotatable bonds is 8. The lowest BCUT2D eigenvalue weighted by Crippen LogP contribution is -2.46. The summed E-state index contributed by atoms with van der Waals surface area (Å²) in [6, 6.07) is 15.2. The Labute approximate surface area is 185 Å². The molecule has 7 heteroatoms. The topological polar surface area (TPSA) is 75.7 Å². The maximum atomic E-state index is 12.8. The normalized spacial score (nSPS) is 16.6. The number of carbonyl (C=O) groups excluding carboxylic acids is 1. The summed E-state index contributed by atoms with van der Waals surface area (Å²) < 4.78 is 32.8. The van der Waals surface area contributed by atoms with Crippen LogP contribution in [0, 0.1) is 19.8 Å². The third kappa shape index (κ3) is 6.80. The van der Waals surface area contributed by atoms with Crippen molar-refractivity contribution in [1.82, 2.24) is 9.62 Å². The highest BCUT2D eigenvalue weighted by atomic mass is 32.2. The van der Waals surface area contributed by atoms with E-state index in [9.17, 15) is 13.2 Å². The first-order valence-electron chi connectivity index (χ1n) is 10.8. The number of sulfonamides is 1. The van der Waals surface area contributed by atoms with E-state index in [2.05, 4.69) is 5.32 Å². The van der Waals surface area contributed by atoms with Crippen molar-refractivity contribution in [2.45, 2.75) is 45.4 Å². The summed E-state index contributed by atoms with van der Waals surface area (Å²) >= 11 is 0. The number of amides is 1. The number of piperidine rings is 1. The third-order valence-electron chi connectivity index (χ3n) is 5.56. The quantitative estimate of drug-likeness (QED) is 0.677. The van der Waals surface area contributed by atoms with Crippen molar-refractivity contribution in [3.8, 4) is 5.75 Å². The molecule has 0 unspecified atom stereocenters. The van der Waals surface area contributed by atoms with Gasteiger partial charge in [-0.3, -0.25) is 4.79 Å². The fourth-order valence-electron chi connectivity index (χ4n) is 3.76. The zero-order chi connectivity index (χ0) is 22.4. The van der Waals surface area contributed by atoms with Gasteiger partial charge in [-0.05, 0) is 51.3 Å². The average molecular weight is 445 g/mol. The Morgan fingerprint density at radius 1 is 1.10 bits per heavy atom. The van der Waals surface area contributed by atoms with Gasteiger partial charge >= 0.3 is 0 Å². The van der Waals surface area contributed by atoms with E-state index < -0.39 is 10.0 Å². The van der Waals surface area contributed by atoms with Gasteiger partial charge in [0.15, 0.2) is 0 Å². The van der Waals surface area contributed by atoms with E-state index in [1.807, 2.05) is 69.3 Å². The van der Waals surface area contributed by atoms with Gasteiger partial charge in [-0.15, -0.1) is 0 Å². The predicted octanol–water partition coefficient (Wildman–Crippen LogP) is 3.43. The molecular weight excluding hydrogens is 412 g/mol. The number of aryl methyl sites for hydroxylation is 2. The lowest BCUT2D eigenvalue weighted by Gasteiger charge is -2.31. The number of nitrogens with zero attached hydrogens (tertiary/aromatic N) is 1. The van der Waals surface area contributed by atoms with Crippen LogP contribution in [0.15, 0.2) is 48.5 Å². The molecule has 1 N–H and O–H groups in total. The van der Waals surface area contributed by atoms with Crippen molar-refractivity contribution in [2.24, 2.45) is 5.92 Å². The average Bonchev–Trinajstić information content (AvgIpc) is 2.73. The zero-order valence-corrected chi connectivity index (χ0v) is 19.3. The van der Waals surface area contributed by atoms with Gasteiger partial charge in [0.2, 0.25) is 15.9 Å². The molecule has 1 fully saturated rings. The molecular formula is C24H32N2O4S. The monoisotopic (exact) mass is 444 g/mol. The molecule has 0 radical (unpaired) electrons. The molecule has 0 aliphatic carbocycles. The summed E-state index contributed by atoms with van der Waals surface area (Å²) in [6.07, 6.45) is 1.06.